The maximum atomic E-state index is 6.01. The van der Waals surface area contributed by atoms with E-state index < -0.39 is 0 Å². The maximum absolute atomic E-state index is 6.01. The van der Waals surface area contributed by atoms with E-state index in [1.54, 1.807) is 7.11 Å². The van der Waals surface area contributed by atoms with E-state index >= 15 is 0 Å². The van der Waals surface area contributed by atoms with Gasteiger partial charge in [-0.15, -0.1) is 0 Å². The van der Waals surface area contributed by atoms with Crippen LogP contribution >= 0.6 is 0 Å². The molecule has 1 aromatic heterocycles. The summed E-state index contributed by atoms with van der Waals surface area (Å²) in [5, 5.41) is 0. The molecule has 1 unspecified atom stereocenters. The van der Waals surface area contributed by atoms with Gasteiger partial charge < -0.3 is 16.2 Å². The van der Waals surface area contributed by atoms with Crippen molar-refractivity contribution in [3.05, 3.63) is 70.9 Å². The van der Waals surface area contributed by atoms with E-state index in [1.807, 2.05) is 19.1 Å². The molecule has 0 bridgehead atoms. The fourth-order valence-electron chi connectivity index (χ4n) is 3.24. The predicted octanol–water partition coefficient (Wildman–Crippen LogP) is 4.75. The number of nitrogen functional groups attached to an aromatic ring is 2. The van der Waals surface area contributed by atoms with Gasteiger partial charge in [0.25, 0.3) is 0 Å². The second kappa shape index (κ2) is 8.13. The van der Waals surface area contributed by atoms with Crippen LogP contribution in [0.5, 0.6) is 5.75 Å². The van der Waals surface area contributed by atoms with Gasteiger partial charge in [0.05, 0.1) is 12.8 Å². The van der Waals surface area contributed by atoms with E-state index in [0.717, 1.165) is 28.1 Å². The Balaban J connectivity index is 1.97. The van der Waals surface area contributed by atoms with Gasteiger partial charge in [-0.2, -0.15) is 4.98 Å². The van der Waals surface area contributed by atoms with Crippen LogP contribution in [0.4, 0.5) is 11.8 Å². The molecule has 0 saturated heterocycles. The third-order valence-corrected chi connectivity index (χ3v) is 4.88. The number of aromatic nitrogens is 2. The first-order valence-electron chi connectivity index (χ1n) is 9.21. The van der Waals surface area contributed by atoms with Gasteiger partial charge in [-0.1, -0.05) is 49.4 Å². The molecule has 4 N–H and O–H groups in total. The van der Waals surface area contributed by atoms with Crippen molar-refractivity contribution >= 4 is 17.8 Å². The fourth-order valence-corrected chi connectivity index (χ4v) is 3.24. The van der Waals surface area contributed by atoms with Crippen LogP contribution in [0, 0.1) is 13.8 Å². The van der Waals surface area contributed by atoms with Crippen molar-refractivity contribution in [2.75, 3.05) is 18.6 Å². The van der Waals surface area contributed by atoms with Crippen molar-refractivity contribution in [1.29, 1.82) is 0 Å². The smallest absolute Gasteiger partial charge is 0.222 e. The number of rotatable bonds is 5. The zero-order valence-corrected chi connectivity index (χ0v) is 16.7. The molecule has 3 aromatic rings. The average Bonchev–Trinajstić information content (AvgIpc) is 2.67. The lowest BCUT2D eigenvalue weighted by molar-refractivity contribution is 0.414. The molecule has 0 radical (unpaired) electrons. The van der Waals surface area contributed by atoms with Crippen molar-refractivity contribution < 1.29 is 4.74 Å². The molecule has 0 amide bonds. The monoisotopic (exact) mass is 374 g/mol. The highest BCUT2D eigenvalue weighted by Crippen LogP contribution is 2.32. The predicted molar refractivity (Wildman–Crippen MR) is 116 cm³/mol. The van der Waals surface area contributed by atoms with E-state index in [-0.39, 0.29) is 11.9 Å². The molecule has 0 aliphatic carbocycles. The van der Waals surface area contributed by atoms with Gasteiger partial charge in [0.15, 0.2) is 0 Å². The summed E-state index contributed by atoms with van der Waals surface area (Å²) in [7, 11) is 1.69. The normalized spacial score (nSPS) is 12.3. The summed E-state index contributed by atoms with van der Waals surface area (Å²) in [4.78, 5) is 8.24. The molecular weight excluding hydrogens is 348 g/mol. The van der Waals surface area contributed by atoms with Crippen molar-refractivity contribution in [3.63, 3.8) is 0 Å². The summed E-state index contributed by atoms with van der Waals surface area (Å²) in [6.45, 7) is 6.13. The lowest BCUT2D eigenvalue weighted by Crippen LogP contribution is -2.04. The van der Waals surface area contributed by atoms with Crippen LogP contribution < -0.4 is 16.2 Å². The minimum Gasteiger partial charge on any atom is -0.497 e. The summed E-state index contributed by atoms with van der Waals surface area (Å²) in [5.74, 6) is 1.56. The Kier molecular flexibility index (Phi) is 5.64. The first-order valence-corrected chi connectivity index (χ1v) is 9.21. The molecule has 1 atom stereocenters. The quantitative estimate of drug-likeness (QED) is 0.673. The topological polar surface area (TPSA) is 87.0 Å². The first kappa shape index (κ1) is 19.4. The van der Waals surface area contributed by atoms with Crippen LogP contribution in [0.3, 0.4) is 0 Å². The van der Waals surface area contributed by atoms with E-state index in [0.29, 0.717) is 5.82 Å². The zero-order valence-electron chi connectivity index (χ0n) is 16.7. The van der Waals surface area contributed by atoms with Crippen LogP contribution in [-0.4, -0.2) is 17.1 Å². The van der Waals surface area contributed by atoms with Crippen molar-refractivity contribution in [2.24, 2.45) is 0 Å². The number of hydrogen-bond donors (Lipinski definition) is 2. The number of nitrogens with zero attached hydrogens (tertiary/aromatic N) is 2. The van der Waals surface area contributed by atoms with Crippen LogP contribution in [0.2, 0.25) is 0 Å². The van der Waals surface area contributed by atoms with Gasteiger partial charge in [0, 0.05) is 5.56 Å². The number of hydrogen-bond acceptors (Lipinski definition) is 5. The third kappa shape index (κ3) is 4.14. The van der Waals surface area contributed by atoms with Crippen LogP contribution in [0.15, 0.2) is 48.5 Å². The molecule has 0 saturated carbocycles. The lowest BCUT2D eigenvalue weighted by atomic mass is 9.93. The number of anilines is 2. The standard InChI is InChI=1S/C23H26N4O/c1-14(9-10-21-16(3)26-23(25)27-22(21)24)17-11-18(13-19(12-17)28-4)20-8-6-5-7-15(20)2/h5-14H,1-4H3,(H4,24,25,26,27). The molecule has 2 aromatic carbocycles. The van der Waals surface area contributed by atoms with Crippen molar-refractivity contribution in [1.82, 2.24) is 9.97 Å². The fraction of sp³-hybridized carbons (Fsp3) is 0.217. The molecule has 5 heteroatoms. The first-order chi connectivity index (χ1) is 13.4. The van der Waals surface area contributed by atoms with E-state index in [4.69, 9.17) is 16.2 Å². The van der Waals surface area contributed by atoms with Gasteiger partial charge in [-0.05, 0) is 54.2 Å². The number of methoxy groups -OCH3 is 1. The minimum absolute atomic E-state index is 0.147. The SMILES string of the molecule is COc1cc(-c2ccccc2C)cc(C(C)C=Cc2c(C)nc(N)nc2N)c1. The molecule has 1 heterocycles. The summed E-state index contributed by atoms with van der Waals surface area (Å²) in [6.07, 6.45) is 4.05. The van der Waals surface area contributed by atoms with Crippen molar-refractivity contribution in [3.8, 4) is 16.9 Å². The Morgan fingerprint density at radius 1 is 1.04 bits per heavy atom. The average molecular weight is 374 g/mol. The van der Waals surface area contributed by atoms with Crippen molar-refractivity contribution in [2.45, 2.75) is 26.7 Å². The molecule has 3 rings (SSSR count). The lowest BCUT2D eigenvalue weighted by Gasteiger charge is -2.14. The van der Waals surface area contributed by atoms with Gasteiger partial charge in [-0.25, -0.2) is 4.98 Å². The minimum atomic E-state index is 0.147. The summed E-state index contributed by atoms with van der Waals surface area (Å²) in [6, 6.07) is 14.7. The summed E-state index contributed by atoms with van der Waals surface area (Å²) >= 11 is 0. The van der Waals surface area contributed by atoms with Gasteiger partial charge in [-0.3, -0.25) is 0 Å². The third-order valence-electron chi connectivity index (χ3n) is 4.88. The number of benzene rings is 2. The Morgan fingerprint density at radius 3 is 2.46 bits per heavy atom. The molecule has 0 fully saturated rings. The van der Waals surface area contributed by atoms with Crippen LogP contribution in [0.1, 0.15) is 35.2 Å². The molecule has 28 heavy (non-hydrogen) atoms. The Hall–Kier alpha value is -3.34. The highest BCUT2D eigenvalue weighted by atomic mass is 16.5. The van der Waals surface area contributed by atoms with E-state index in [1.165, 1.54) is 11.1 Å². The Bertz CT molecular complexity index is 1000. The number of ether oxygens (including phenoxy) is 1. The largest absolute Gasteiger partial charge is 0.497 e. The van der Waals surface area contributed by atoms with E-state index in [2.05, 4.69) is 66.3 Å². The highest BCUT2D eigenvalue weighted by molar-refractivity contribution is 5.70. The van der Waals surface area contributed by atoms with Crippen LogP contribution in [-0.2, 0) is 0 Å². The Morgan fingerprint density at radius 2 is 1.79 bits per heavy atom. The van der Waals surface area contributed by atoms with Gasteiger partial charge in [0.2, 0.25) is 5.95 Å². The van der Waals surface area contributed by atoms with Crippen LogP contribution in [0.25, 0.3) is 17.2 Å². The molecule has 144 valence electrons. The molecule has 0 spiro atoms. The molecule has 0 aliphatic heterocycles. The molecule has 0 aliphatic rings. The summed E-state index contributed by atoms with van der Waals surface area (Å²) < 4.78 is 5.54. The second-order valence-corrected chi connectivity index (χ2v) is 6.92. The highest BCUT2D eigenvalue weighted by Gasteiger charge is 2.11. The number of nitrogens with two attached hydrogens (primary N) is 2. The molecule has 5 nitrogen and oxygen atoms in total. The second-order valence-electron chi connectivity index (χ2n) is 6.92. The molecular formula is C23H26N4O. The number of aryl methyl sites for hydroxylation is 2. The number of allylic oxidation sites excluding steroid dienone is 1. The summed E-state index contributed by atoms with van der Waals surface area (Å²) in [5.41, 5.74) is 17.9. The van der Waals surface area contributed by atoms with Gasteiger partial charge in [0.1, 0.15) is 11.6 Å². The van der Waals surface area contributed by atoms with Gasteiger partial charge >= 0.3 is 0 Å². The van der Waals surface area contributed by atoms with E-state index in [9.17, 15) is 0 Å². The Labute approximate surface area is 166 Å². The zero-order chi connectivity index (χ0) is 20.3. The maximum Gasteiger partial charge on any atom is 0.222 e.